The second-order valence-electron chi connectivity index (χ2n) is 3.81. The maximum absolute atomic E-state index is 13.0. The van der Waals surface area contributed by atoms with Gasteiger partial charge in [0.05, 0.1) is 5.69 Å². The van der Waals surface area contributed by atoms with Crippen molar-refractivity contribution in [1.29, 1.82) is 0 Å². The van der Waals surface area contributed by atoms with E-state index in [9.17, 15) is 4.39 Å². The van der Waals surface area contributed by atoms with Crippen molar-refractivity contribution in [3.63, 3.8) is 0 Å². The molecule has 0 unspecified atom stereocenters. The van der Waals surface area contributed by atoms with Crippen LogP contribution < -0.4 is 10.1 Å². The SMILES string of the molecule is CCNCc1cccc(Oc2cccc(F)c2)n1. The van der Waals surface area contributed by atoms with Crippen LogP contribution in [0.5, 0.6) is 11.6 Å². The summed E-state index contributed by atoms with van der Waals surface area (Å²) in [6.45, 7) is 3.61. The molecule has 0 amide bonds. The molecule has 1 N–H and O–H groups in total. The number of benzene rings is 1. The van der Waals surface area contributed by atoms with Crippen LogP contribution in [0.4, 0.5) is 4.39 Å². The summed E-state index contributed by atoms with van der Waals surface area (Å²) in [5.74, 6) is 0.593. The van der Waals surface area contributed by atoms with Gasteiger partial charge < -0.3 is 10.1 Å². The molecule has 0 aliphatic rings. The molecule has 0 aliphatic heterocycles. The molecule has 4 heteroatoms. The van der Waals surface area contributed by atoms with E-state index in [1.54, 1.807) is 18.2 Å². The fourth-order valence-electron chi connectivity index (χ4n) is 1.52. The highest BCUT2D eigenvalue weighted by Crippen LogP contribution is 2.20. The van der Waals surface area contributed by atoms with Crippen LogP contribution in [0.2, 0.25) is 0 Å². The molecule has 0 bridgehead atoms. The molecule has 1 aromatic heterocycles. The Hall–Kier alpha value is -1.94. The summed E-state index contributed by atoms with van der Waals surface area (Å²) in [4.78, 5) is 4.33. The third-order valence-corrected chi connectivity index (χ3v) is 2.36. The standard InChI is InChI=1S/C14H15FN2O/c1-2-16-10-12-6-4-8-14(17-12)18-13-7-3-5-11(15)9-13/h3-9,16H,2,10H2,1H3. The van der Waals surface area contributed by atoms with Crippen molar-refractivity contribution in [3.05, 3.63) is 54.0 Å². The number of rotatable bonds is 5. The first kappa shape index (κ1) is 12.5. The third-order valence-electron chi connectivity index (χ3n) is 2.36. The van der Waals surface area contributed by atoms with Crippen molar-refractivity contribution in [2.24, 2.45) is 0 Å². The van der Waals surface area contributed by atoms with Gasteiger partial charge in [-0.15, -0.1) is 0 Å². The third kappa shape index (κ3) is 3.53. The summed E-state index contributed by atoms with van der Waals surface area (Å²) in [6.07, 6.45) is 0. The van der Waals surface area contributed by atoms with E-state index >= 15 is 0 Å². The number of hydrogen-bond donors (Lipinski definition) is 1. The summed E-state index contributed by atoms with van der Waals surface area (Å²) in [5, 5.41) is 3.19. The largest absolute Gasteiger partial charge is 0.439 e. The Morgan fingerprint density at radius 3 is 2.83 bits per heavy atom. The van der Waals surface area contributed by atoms with Crippen LogP contribution in [-0.4, -0.2) is 11.5 Å². The van der Waals surface area contributed by atoms with Gasteiger partial charge in [0, 0.05) is 18.7 Å². The van der Waals surface area contributed by atoms with Crippen LogP contribution in [0, 0.1) is 5.82 Å². The predicted octanol–water partition coefficient (Wildman–Crippen LogP) is 3.12. The Bertz CT molecular complexity index is 517. The molecule has 18 heavy (non-hydrogen) atoms. The second kappa shape index (κ2) is 6.12. The molecule has 94 valence electrons. The van der Waals surface area contributed by atoms with Gasteiger partial charge >= 0.3 is 0 Å². The Morgan fingerprint density at radius 1 is 1.22 bits per heavy atom. The number of ether oxygens (including phenoxy) is 1. The number of pyridine rings is 1. The highest BCUT2D eigenvalue weighted by Gasteiger charge is 2.01. The van der Waals surface area contributed by atoms with Gasteiger partial charge in [-0.25, -0.2) is 9.37 Å². The van der Waals surface area contributed by atoms with Gasteiger partial charge in [0.15, 0.2) is 0 Å². The molecular formula is C14H15FN2O. The average molecular weight is 246 g/mol. The zero-order chi connectivity index (χ0) is 12.8. The first-order chi connectivity index (χ1) is 8.78. The van der Waals surface area contributed by atoms with E-state index in [0.717, 1.165) is 12.2 Å². The van der Waals surface area contributed by atoms with Gasteiger partial charge in [0.2, 0.25) is 5.88 Å². The molecule has 2 rings (SSSR count). The summed E-state index contributed by atoms with van der Waals surface area (Å²) >= 11 is 0. The van der Waals surface area contributed by atoms with Crippen LogP contribution >= 0.6 is 0 Å². The topological polar surface area (TPSA) is 34.1 Å². The molecule has 1 aromatic carbocycles. The zero-order valence-electron chi connectivity index (χ0n) is 10.2. The van der Waals surface area contributed by atoms with Gasteiger partial charge in [-0.1, -0.05) is 19.1 Å². The number of nitrogens with zero attached hydrogens (tertiary/aromatic N) is 1. The van der Waals surface area contributed by atoms with Crippen molar-refractivity contribution in [1.82, 2.24) is 10.3 Å². The molecule has 0 aliphatic carbocycles. The molecule has 0 saturated heterocycles. The molecular weight excluding hydrogens is 231 g/mol. The number of aromatic nitrogens is 1. The zero-order valence-corrected chi connectivity index (χ0v) is 10.2. The summed E-state index contributed by atoms with van der Waals surface area (Å²) < 4.78 is 18.5. The monoisotopic (exact) mass is 246 g/mol. The van der Waals surface area contributed by atoms with Gasteiger partial charge in [-0.3, -0.25) is 0 Å². The van der Waals surface area contributed by atoms with Crippen LogP contribution in [0.3, 0.4) is 0 Å². The average Bonchev–Trinajstić information content (AvgIpc) is 2.37. The maximum atomic E-state index is 13.0. The van der Waals surface area contributed by atoms with E-state index in [1.807, 2.05) is 19.1 Å². The molecule has 0 atom stereocenters. The van der Waals surface area contributed by atoms with Gasteiger partial charge in [-0.05, 0) is 24.7 Å². The quantitative estimate of drug-likeness (QED) is 0.880. The van der Waals surface area contributed by atoms with E-state index in [0.29, 0.717) is 18.2 Å². The van der Waals surface area contributed by atoms with E-state index in [2.05, 4.69) is 10.3 Å². The van der Waals surface area contributed by atoms with E-state index in [4.69, 9.17) is 4.74 Å². The van der Waals surface area contributed by atoms with E-state index in [-0.39, 0.29) is 5.82 Å². The van der Waals surface area contributed by atoms with Crippen molar-refractivity contribution in [2.75, 3.05) is 6.54 Å². The highest BCUT2D eigenvalue weighted by atomic mass is 19.1. The maximum Gasteiger partial charge on any atom is 0.219 e. The highest BCUT2D eigenvalue weighted by molar-refractivity contribution is 5.28. The Balaban J connectivity index is 2.09. The fourth-order valence-corrected chi connectivity index (χ4v) is 1.52. The number of halogens is 1. The Morgan fingerprint density at radius 2 is 2.06 bits per heavy atom. The van der Waals surface area contributed by atoms with Gasteiger partial charge in [0.25, 0.3) is 0 Å². The summed E-state index contributed by atoms with van der Waals surface area (Å²) in [7, 11) is 0. The van der Waals surface area contributed by atoms with Crippen molar-refractivity contribution in [2.45, 2.75) is 13.5 Å². The molecule has 0 saturated carbocycles. The smallest absolute Gasteiger partial charge is 0.219 e. The lowest BCUT2D eigenvalue weighted by Crippen LogP contribution is -2.12. The molecule has 0 spiro atoms. The minimum absolute atomic E-state index is 0.323. The lowest BCUT2D eigenvalue weighted by molar-refractivity contribution is 0.455. The second-order valence-corrected chi connectivity index (χ2v) is 3.81. The van der Waals surface area contributed by atoms with Crippen molar-refractivity contribution < 1.29 is 9.13 Å². The van der Waals surface area contributed by atoms with Gasteiger partial charge in [0.1, 0.15) is 11.6 Å². The van der Waals surface area contributed by atoms with Crippen LogP contribution in [0.15, 0.2) is 42.5 Å². The molecule has 0 radical (unpaired) electrons. The van der Waals surface area contributed by atoms with Crippen LogP contribution in [-0.2, 0) is 6.54 Å². The predicted molar refractivity (Wildman–Crippen MR) is 68.1 cm³/mol. The Kier molecular flexibility index (Phi) is 4.25. The van der Waals surface area contributed by atoms with E-state index in [1.165, 1.54) is 12.1 Å². The van der Waals surface area contributed by atoms with Gasteiger partial charge in [-0.2, -0.15) is 0 Å². The van der Waals surface area contributed by atoms with Crippen LogP contribution in [0.1, 0.15) is 12.6 Å². The van der Waals surface area contributed by atoms with Crippen LogP contribution in [0.25, 0.3) is 0 Å². The van der Waals surface area contributed by atoms with E-state index < -0.39 is 0 Å². The summed E-state index contributed by atoms with van der Waals surface area (Å²) in [5.41, 5.74) is 0.894. The summed E-state index contributed by atoms with van der Waals surface area (Å²) in [6, 6.07) is 11.5. The molecule has 3 nitrogen and oxygen atoms in total. The van der Waals surface area contributed by atoms with Crippen molar-refractivity contribution >= 4 is 0 Å². The first-order valence-electron chi connectivity index (χ1n) is 5.88. The number of nitrogens with one attached hydrogen (secondary N) is 1. The normalized spacial score (nSPS) is 10.3. The lowest BCUT2D eigenvalue weighted by Gasteiger charge is -2.07. The molecule has 0 fully saturated rings. The number of hydrogen-bond acceptors (Lipinski definition) is 3. The minimum Gasteiger partial charge on any atom is -0.439 e. The minimum atomic E-state index is -0.323. The fraction of sp³-hybridized carbons (Fsp3) is 0.214. The molecule has 2 aromatic rings. The lowest BCUT2D eigenvalue weighted by atomic mass is 10.3. The first-order valence-corrected chi connectivity index (χ1v) is 5.88. The Labute approximate surface area is 106 Å². The molecule has 1 heterocycles. The van der Waals surface area contributed by atoms with Crippen molar-refractivity contribution in [3.8, 4) is 11.6 Å².